The van der Waals surface area contributed by atoms with E-state index in [0.717, 1.165) is 28.3 Å². The summed E-state index contributed by atoms with van der Waals surface area (Å²) in [5.74, 6) is 1.62. The molecule has 100 valence electrons. The summed E-state index contributed by atoms with van der Waals surface area (Å²) in [6.45, 7) is 2.03. The average molecular weight is 257 g/mol. The van der Waals surface area contributed by atoms with Crippen LogP contribution in [0.15, 0.2) is 42.5 Å². The van der Waals surface area contributed by atoms with Crippen LogP contribution in [0.2, 0.25) is 0 Å². The lowest BCUT2D eigenvalue weighted by atomic mass is 10.1. The molecule has 0 heterocycles. The van der Waals surface area contributed by atoms with Gasteiger partial charge in [0.1, 0.15) is 11.5 Å². The number of ether oxygens (including phenoxy) is 1. The fourth-order valence-electron chi connectivity index (χ4n) is 1.88. The Hall–Kier alpha value is -2.00. The van der Waals surface area contributed by atoms with Gasteiger partial charge in [-0.15, -0.1) is 0 Å². The second-order valence-electron chi connectivity index (χ2n) is 4.75. The molecule has 0 aliphatic rings. The molecule has 0 amide bonds. The van der Waals surface area contributed by atoms with Crippen LogP contribution in [0.1, 0.15) is 11.1 Å². The summed E-state index contributed by atoms with van der Waals surface area (Å²) < 4.78 is 5.89. The van der Waals surface area contributed by atoms with Crippen LogP contribution in [0.3, 0.4) is 0 Å². The Morgan fingerprint density at radius 3 is 2.53 bits per heavy atom. The first-order valence-electron chi connectivity index (χ1n) is 6.26. The van der Waals surface area contributed by atoms with Crippen molar-refractivity contribution in [2.24, 2.45) is 0 Å². The topological polar surface area (TPSA) is 32.7 Å². The third kappa shape index (κ3) is 3.26. The lowest BCUT2D eigenvalue weighted by Gasteiger charge is -2.15. The van der Waals surface area contributed by atoms with Gasteiger partial charge < -0.3 is 14.7 Å². The number of aliphatic hydroxyl groups excluding tert-OH is 1. The van der Waals surface area contributed by atoms with E-state index in [0.29, 0.717) is 0 Å². The van der Waals surface area contributed by atoms with Crippen molar-refractivity contribution < 1.29 is 9.84 Å². The monoisotopic (exact) mass is 257 g/mol. The van der Waals surface area contributed by atoms with E-state index in [1.165, 1.54) is 0 Å². The molecule has 0 spiro atoms. The largest absolute Gasteiger partial charge is 0.457 e. The highest BCUT2D eigenvalue weighted by atomic mass is 16.5. The predicted octanol–water partition coefficient (Wildman–Crippen LogP) is 3.35. The molecular weight excluding hydrogens is 238 g/mol. The van der Waals surface area contributed by atoms with Crippen molar-refractivity contribution in [3.8, 4) is 11.5 Å². The van der Waals surface area contributed by atoms with Gasteiger partial charge in [-0.05, 0) is 36.2 Å². The zero-order valence-corrected chi connectivity index (χ0v) is 11.6. The molecule has 0 unspecified atom stereocenters. The van der Waals surface area contributed by atoms with Crippen LogP contribution in [0, 0.1) is 6.92 Å². The Bertz CT molecular complexity index is 564. The molecule has 0 bridgehead atoms. The molecule has 0 aliphatic heterocycles. The standard InChI is InChI=1S/C16H19NO2/c1-12-9-13(11-18)7-8-16(12)19-15-6-4-5-14(10-15)17(2)3/h4-10,18H,11H2,1-3H3. The van der Waals surface area contributed by atoms with Gasteiger partial charge in [0.2, 0.25) is 0 Å². The van der Waals surface area contributed by atoms with Crippen LogP contribution in [0.5, 0.6) is 11.5 Å². The third-order valence-corrected chi connectivity index (χ3v) is 2.98. The number of rotatable bonds is 4. The lowest BCUT2D eigenvalue weighted by molar-refractivity contribution is 0.281. The summed E-state index contributed by atoms with van der Waals surface area (Å²) in [7, 11) is 4.00. The van der Waals surface area contributed by atoms with Gasteiger partial charge in [0, 0.05) is 25.8 Å². The van der Waals surface area contributed by atoms with Gasteiger partial charge in [0.05, 0.1) is 6.61 Å². The fourth-order valence-corrected chi connectivity index (χ4v) is 1.88. The van der Waals surface area contributed by atoms with Crippen LogP contribution in [-0.2, 0) is 6.61 Å². The molecule has 3 nitrogen and oxygen atoms in total. The molecule has 0 fully saturated rings. The number of hydrogen-bond donors (Lipinski definition) is 1. The maximum Gasteiger partial charge on any atom is 0.130 e. The Labute approximate surface area is 114 Å². The van der Waals surface area contributed by atoms with Gasteiger partial charge in [-0.3, -0.25) is 0 Å². The van der Waals surface area contributed by atoms with Gasteiger partial charge >= 0.3 is 0 Å². The van der Waals surface area contributed by atoms with Crippen molar-refractivity contribution >= 4 is 5.69 Å². The van der Waals surface area contributed by atoms with Gasteiger partial charge in [-0.2, -0.15) is 0 Å². The highest BCUT2D eigenvalue weighted by Crippen LogP contribution is 2.28. The average Bonchev–Trinajstić information content (AvgIpc) is 2.41. The molecule has 19 heavy (non-hydrogen) atoms. The molecule has 2 rings (SSSR count). The Kier molecular flexibility index (Phi) is 4.07. The molecular formula is C16H19NO2. The highest BCUT2D eigenvalue weighted by Gasteiger charge is 2.04. The predicted molar refractivity (Wildman–Crippen MR) is 77.9 cm³/mol. The quantitative estimate of drug-likeness (QED) is 0.911. The van der Waals surface area contributed by atoms with E-state index < -0.39 is 0 Å². The number of aryl methyl sites for hydroxylation is 1. The SMILES string of the molecule is Cc1cc(CO)ccc1Oc1cccc(N(C)C)c1. The Morgan fingerprint density at radius 1 is 1.11 bits per heavy atom. The van der Waals surface area contributed by atoms with Crippen molar-refractivity contribution in [1.29, 1.82) is 0 Å². The first-order valence-corrected chi connectivity index (χ1v) is 6.26. The zero-order chi connectivity index (χ0) is 13.8. The molecule has 0 saturated heterocycles. The van der Waals surface area contributed by atoms with Crippen LogP contribution < -0.4 is 9.64 Å². The van der Waals surface area contributed by atoms with Crippen molar-refractivity contribution in [2.45, 2.75) is 13.5 Å². The first-order chi connectivity index (χ1) is 9.10. The summed E-state index contributed by atoms with van der Waals surface area (Å²) >= 11 is 0. The molecule has 0 aliphatic carbocycles. The summed E-state index contributed by atoms with van der Waals surface area (Å²) in [5.41, 5.74) is 3.01. The molecule has 0 radical (unpaired) electrons. The van der Waals surface area contributed by atoms with Crippen LogP contribution in [0.4, 0.5) is 5.69 Å². The van der Waals surface area contributed by atoms with Crippen molar-refractivity contribution in [2.75, 3.05) is 19.0 Å². The van der Waals surface area contributed by atoms with Crippen LogP contribution in [-0.4, -0.2) is 19.2 Å². The molecule has 1 N–H and O–H groups in total. The van der Waals surface area contributed by atoms with E-state index in [1.807, 2.05) is 68.4 Å². The maximum absolute atomic E-state index is 9.09. The van der Waals surface area contributed by atoms with Crippen LogP contribution in [0.25, 0.3) is 0 Å². The van der Waals surface area contributed by atoms with Crippen molar-refractivity contribution in [3.63, 3.8) is 0 Å². The Morgan fingerprint density at radius 2 is 1.89 bits per heavy atom. The van der Waals surface area contributed by atoms with E-state index >= 15 is 0 Å². The molecule has 3 heteroatoms. The third-order valence-electron chi connectivity index (χ3n) is 2.98. The number of aliphatic hydroxyl groups is 1. The molecule has 2 aromatic rings. The number of hydrogen-bond acceptors (Lipinski definition) is 3. The second-order valence-corrected chi connectivity index (χ2v) is 4.75. The second kappa shape index (κ2) is 5.76. The molecule has 0 saturated carbocycles. The minimum absolute atomic E-state index is 0.0528. The van der Waals surface area contributed by atoms with Gasteiger partial charge in [-0.25, -0.2) is 0 Å². The summed E-state index contributed by atoms with van der Waals surface area (Å²) in [4.78, 5) is 2.04. The summed E-state index contributed by atoms with van der Waals surface area (Å²) in [6.07, 6.45) is 0. The first kappa shape index (κ1) is 13.4. The van der Waals surface area contributed by atoms with Gasteiger partial charge in [0.25, 0.3) is 0 Å². The molecule has 0 atom stereocenters. The summed E-state index contributed by atoms with van der Waals surface area (Å²) in [5, 5.41) is 9.09. The van der Waals surface area contributed by atoms with E-state index in [4.69, 9.17) is 9.84 Å². The van der Waals surface area contributed by atoms with E-state index in [9.17, 15) is 0 Å². The van der Waals surface area contributed by atoms with Crippen molar-refractivity contribution in [1.82, 2.24) is 0 Å². The van der Waals surface area contributed by atoms with Crippen molar-refractivity contribution in [3.05, 3.63) is 53.6 Å². The minimum Gasteiger partial charge on any atom is -0.457 e. The fraction of sp³-hybridized carbons (Fsp3) is 0.250. The Balaban J connectivity index is 2.23. The molecule has 2 aromatic carbocycles. The number of nitrogens with zero attached hydrogens (tertiary/aromatic N) is 1. The van der Waals surface area contributed by atoms with Crippen LogP contribution >= 0.6 is 0 Å². The molecule has 0 aromatic heterocycles. The zero-order valence-electron chi connectivity index (χ0n) is 11.6. The van der Waals surface area contributed by atoms with E-state index in [2.05, 4.69) is 0 Å². The summed E-state index contributed by atoms with van der Waals surface area (Å²) in [6, 6.07) is 13.6. The number of anilines is 1. The number of benzene rings is 2. The van der Waals surface area contributed by atoms with Gasteiger partial charge in [-0.1, -0.05) is 18.2 Å². The minimum atomic E-state index is 0.0528. The van der Waals surface area contributed by atoms with Gasteiger partial charge in [0.15, 0.2) is 0 Å². The van der Waals surface area contributed by atoms with E-state index in [1.54, 1.807) is 0 Å². The smallest absolute Gasteiger partial charge is 0.130 e. The normalized spacial score (nSPS) is 10.3. The van der Waals surface area contributed by atoms with E-state index in [-0.39, 0.29) is 6.61 Å². The lowest BCUT2D eigenvalue weighted by Crippen LogP contribution is -2.08. The maximum atomic E-state index is 9.09. The highest BCUT2D eigenvalue weighted by molar-refractivity contribution is 5.50.